The Bertz CT molecular complexity index is 683. The molecule has 0 aromatic carbocycles. The van der Waals surface area contributed by atoms with Crippen LogP contribution in [0.5, 0.6) is 0 Å². The Morgan fingerprint density at radius 1 is 0.558 bits per heavy atom. The molecule has 0 radical (unpaired) electrons. The van der Waals surface area contributed by atoms with Gasteiger partial charge in [-0.1, -0.05) is 82.6 Å². The maximum atomic E-state index is 11.5. The van der Waals surface area contributed by atoms with E-state index < -0.39 is 0 Å². The number of hydrogen-bond acceptors (Lipinski definition) is 2. The minimum Gasteiger partial charge on any atom is -0.632 e. The van der Waals surface area contributed by atoms with Crippen LogP contribution in [0.3, 0.4) is 0 Å². The van der Waals surface area contributed by atoms with Crippen molar-refractivity contribution in [1.82, 2.24) is 9.47 Å². The zero-order valence-corrected chi connectivity index (χ0v) is 33.7. The zero-order chi connectivity index (χ0) is 35.1. The lowest BCUT2D eigenvalue weighted by atomic mass is 9.69. The largest absolute Gasteiger partial charge is 0.632 e. The molecule has 3 aliphatic rings. The van der Waals surface area contributed by atoms with Gasteiger partial charge in [0.25, 0.3) is 0 Å². The quantitative estimate of drug-likeness (QED) is 0.216. The molecule has 1 saturated carbocycles. The van der Waals surface area contributed by atoms with E-state index in [1.165, 1.54) is 45.2 Å². The van der Waals surface area contributed by atoms with Gasteiger partial charge in [0.05, 0.1) is 18.6 Å². The zero-order valence-electron chi connectivity index (χ0n) is 33.7. The van der Waals surface area contributed by atoms with Gasteiger partial charge in [0.15, 0.2) is 0 Å². The first-order valence-corrected chi connectivity index (χ1v) is 18.2. The highest BCUT2D eigenvalue weighted by molar-refractivity contribution is 4.94. The Morgan fingerprint density at radius 2 is 0.930 bits per heavy atom. The third-order valence-corrected chi connectivity index (χ3v) is 8.02. The number of rotatable bonds is 0. The van der Waals surface area contributed by atoms with Gasteiger partial charge in [-0.2, -0.15) is 0 Å². The number of aromatic nitrogens is 1. The summed E-state index contributed by atoms with van der Waals surface area (Å²) in [6.45, 7) is 46.8. The SMILES string of the molecule is CC.CC.CC.CC.CC(C)(C)C1CCC1.CC(C)(C)N1CCCC1.CC(C)(C)[N+]1([O-])CCC1.CC(C)(C)n1cccc1. The molecule has 1 aromatic rings. The molecule has 4 nitrogen and oxygen atoms in total. The highest BCUT2D eigenvalue weighted by Gasteiger charge is 2.37. The van der Waals surface area contributed by atoms with Gasteiger partial charge in [-0.25, -0.2) is 0 Å². The molecule has 1 aromatic heterocycles. The van der Waals surface area contributed by atoms with Crippen LogP contribution in [-0.2, 0) is 5.54 Å². The molecule has 2 aliphatic heterocycles. The van der Waals surface area contributed by atoms with Crippen molar-refractivity contribution < 1.29 is 4.65 Å². The molecular formula is C39H85N3O. The van der Waals surface area contributed by atoms with Crippen molar-refractivity contribution in [3.05, 3.63) is 29.7 Å². The fraction of sp³-hybridized carbons (Fsp3) is 0.897. The summed E-state index contributed by atoms with van der Waals surface area (Å²) in [6, 6.07) is 4.09. The molecule has 0 N–H and O–H groups in total. The van der Waals surface area contributed by atoms with E-state index in [9.17, 15) is 5.21 Å². The summed E-state index contributed by atoms with van der Waals surface area (Å²) in [6.07, 6.45) is 12.5. The first-order valence-electron chi connectivity index (χ1n) is 18.2. The summed E-state index contributed by atoms with van der Waals surface area (Å²) in [5, 5.41) is 11.5. The van der Waals surface area contributed by atoms with Crippen molar-refractivity contribution in [3.8, 4) is 0 Å². The average Bonchev–Trinajstić information content (AvgIpc) is 3.61. The second-order valence-corrected chi connectivity index (χ2v) is 15.0. The summed E-state index contributed by atoms with van der Waals surface area (Å²) < 4.78 is 2.21. The van der Waals surface area contributed by atoms with E-state index in [2.05, 4.69) is 84.2 Å². The molecule has 4 rings (SSSR count). The summed E-state index contributed by atoms with van der Waals surface area (Å²) in [7, 11) is 0. The summed E-state index contributed by atoms with van der Waals surface area (Å²) >= 11 is 0. The molecule has 2 saturated heterocycles. The average molecular weight is 612 g/mol. The van der Waals surface area contributed by atoms with Gasteiger partial charge < -0.3 is 14.4 Å². The number of likely N-dealkylation sites (tertiary alicyclic amines) is 2. The predicted molar refractivity (Wildman–Crippen MR) is 200 cm³/mol. The normalized spacial score (nSPS) is 17.4. The lowest BCUT2D eigenvalue weighted by Gasteiger charge is -2.58. The molecule has 0 bridgehead atoms. The lowest BCUT2D eigenvalue weighted by molar-refractivity contribution is -0.961. The van der Waals surface area contributed by atoms with Crippen LogP contribution in [0.1, 0.15) is 177 Å². The first kappa shape index (κ1) is 49.0. The molecule has 262 valence electrons. The Morgan fingerprint density at radius 3 is 1.02 bits per heavy atom. The Kier molecular flexibility index (Phi) is 27.8. The Labute approximate surface area is 274 Å². The van der Waals surface area contributed by atoms with Crippen LogP contribution < -0.4 is 0 Å². The number of hydrogen-bond donors (Lipinski definition) is 0. The van der Waals surface area contributed by atoms with Crippen LogP contribution in [0, 0.1) is 16.5 Å². The highest BCUT2D eigenvalue weighted by Crippen LogP contribution is 2.40. The maximum absolute atomic E-state index is 11.5. The topological polar surface area (TPSA) is 31.2 Å². The van der Waals surface area contributed by atoms with E-state index in [0.717, 1.165) is 25.4 Å². The van der Waals surface area contributed by atoms with Gasteiger partial charge in [-0.3, -0.25) is 4.90 Å². The smallest absolute Gasteiger partial charge is 0.0904 e. The lowest BCUT2D eigenvalue weighted by Crippen LogP contribution is -2.63. The van der Waals surface area contributed by atoms with E-state index in [1.807, 2.05) is 88.3 Å². The van der Waals surface area contributed by atoms with Crippen molar-refractivity contribution >= 4 is 0 Å². The number of nitrogens with zero attached hydrogens (tertiary/aromatic N) is 3. The maximum Gasteiger partial charge on any atom is 0.0904 e. The van der Waals surface area contributed by atoms with Crippen molar-refractivity contribution in [2.24, 2.45) is 11.3 Å². The Balaban J connectivity index is -0.000000218. The molecular weight excluding hydrogens is 526 g/mol. The second-order valence-electron chi connectivity index (χ2n) is 15.0. The van der Waals surface area contributed by atoms with E-state index in [4.69, 9.17) is 0 Å². The minimum absolute atomic E-state index is 0.0208. The molecule has 3 heterocycles. The van der Waals surface area contributed by atoms with Crippen molar-refractivity contribution in [3.63, 3.8) is 0 Å². The van der Waals surface area contributed by atoms with Crippen LogP contribution in [0.15, 0.2) is 24.5 Å². The summed E-state index contributed by atoms with van der Waals surface area (Å²) in [5.41, 5.74) is 1.16. The van der Waals surface area contributed by atoms with Gasteiger partial charge >= 0.3 is 0 Å². The molecule has 43 heavy (non-hydrogen) atoms. The second kappa shape index (κ2) is 24.4. The standard InChI is InChI=1S/C8H17N.C8H13N.C8H16.C7H15NO.4C2H6/c2*1-8(2,3)9-6-4-5-7-9;1-8(2,3)7-5-4-6-7;1-7(2,3)8(9)5-4-6-8;4*1-2/h4-7H2,1-3H3;4-7H,1-3H3;7H,4-6H2,1-3H3;4-6H2,1-3H3;4*1-2H3. The van der Waals surface area contributed by atoms with E-state index in [-0.39, 0.29) is 15.7 Å². The number of hydroxylamine groups is 3. The van der Waals surface area contributed by atoms with Crippen LogP contribution in [0.2, 0.25) is 0 Å². The fourth-order valence-corrected chi connectivity index (χ4v) is 4.56. The van der Waals surface area contributed by atoms with Crippen molar-refractivity contribution in [2.75, 3.05) is 26.2 Å². The van der Waals surface area contributed by atoms with Gasteiger partial charge in [-0.15, -0.1) is 0 Å². The first-order chi connectivity index (χ1) is 19.8. The van der Waals surface area contributed by atoms with Crippen LogP contribution in [-0.4, -0.2) is 51.4 Å². The third kappa shape index (κ3) is 21.5. The van der Waals surface area contributed by atoms with Crippen molar-refractivity contribution in [1.29, 1.82) is 0 Å². The molecule has 0 amide bonds. The minimum atomic E-state index is -0.0851. The Hall–Kier alpha value is -0.840. The molecule has 0 unspecified atom stereocenters. The van der Waals surface area contributed by atoms with E-state index in [1.54, 1.807) is 0 Å². The third-order valence-electron chi connectivity index (χ3n) is 8.02. The van der Waals surface area contributed by atoms with Gasteiger partial charge in [0.2, 0.25) is 0 Å². The van der Waals surface area contributed by atoms with E-state index >= 15 is 0 Å². The van der Waals surface area contributed by atoms with E-state index in [0.29, 0.717) is 11.0 Å². The van der Waals surface area contributed by atoms with Crippen LogP contribution >= 0.6 is 0 Å². The van der Waals surface area contributed by atoms with Crippen molar-refractivity contribution in [2.45, 2.75) is 194 Å². The molecule has 0 spiro atoms. The highest BCUT2D eigenvalue weighted by atomic mass is 16.6. The van der Waals surface area contributed by atoms with Gasteiger partial charge in [0.1, 0.15) is 0 Å². The summed E-state index contributed by atoms with van der Waals surface area (Å²) in [4.78, 5) is 2.55. The predicted octanol–water partition coefficient (Wildman–Crippen LogP) is 12.6. The van der Waals surface area contributed by atoms with Gasteiger partial charge in [0, 0.05) is 29.9 Å². The monoisotopic (exact) mass is 612 g/mol. The van der Waals surface area contributed by atoms with Crippen LogP contribution in [0.4, 0.5) is 0 Å². The van der Waals surface area contributed by atoms with Crippen LogP contribution in [0.25, 0.3) is 0 Å². The fourth-order valence-electron chi connectivity index (χ4n) is 4.56. The number of quaternary nitrogens is 1. The molecule has 4 heteroatoms. The molecule has 1 aliphatic carbocycles. The van der Waals surface area contributed by atoms with Gasteiger partial charge in [-0.05, 0) is 125 Å². The summed E-state index contributed by atoms with van der Waals surface area (Å²) in [5.74, 6) is 1.03. The molecule has 0 atom stereocenters. The molecule has 3 fully saturated rings.